The molecule has 6 heteroatoms. The lowest BCUT2D eigenvalue weighted by Crippen LogP contribution is -2.31. The molecule has 21 heavy (non-hydrogen) atoms. The van der Waals surface area contributed by atoms with E-state index in [1.807, 2.05) is 13.0 Å². The van der Waals surface area contributed by atoms with Crippen molar-refractivity contribution in [3.8, 4) is 0 Å². The van der Waals surface area contributed by atoms with Crippen LogP contribution >= 0.6 is 0 Å². The summed E-state index contributed by atoms with van der Waals surface area (Å²) in [5.41, 5.74) is 7.20. The van der Waals surface area contributed by atoms with Crippen LogP contribution in [0.15, 0.2) is 45.9 Å². The molecule has 0 bridgehead atoms. The van der Waals surface area contributed by atoms with Crippen molar-refractivity contribution in [3.05, 3.63) is 53.5 Å². The van der Waals surface area contributed by atoms with E-state index in [9.17, 15) is 8.42 Å². The lowest BCUT2D eigenvalue weighted by Gasteiger charge is -2.21. The molecular formula is C15H20N2O3S. The van der Waals surface area contributed by atoms with E-state index in [-0.39, 0.29) is 6.54 Å². The smallest absolute Gasteiger partial charge is 0.243 e. The molecule has 0 amide bonds. The molecule has 0 aliphatic rings. The zero-order valence-corrected chi connectivity index (χ0v) is 13.1. The average Bonchev–Trinajstić information content (AvgIpc) is 2.97. The van der Waals surface area contributed by atoms with Gasteiger partial charge in [-0.1, -0.05) is 19.1 Å². The van der Waals surface area contributed by atoms with E-state index in [1.165, 1.54) is 10.6 Å². The summed E-state index contributed by atoms with van der Waals surface area (Å²) in [7, 11) is -3.57. The molecule has 0 unspecified atom stereocenters. The van der Waals surface area contributed by atoms with Crippen LogP contribution < -0.4 is 5.73 Å². The Kier molecular flexibility index (Phi) is 4.82. The van der Waals surface area contributed by atoms with Gasteiger partial charge in [-0.15, -0.1) is 0 Å². The van der Waals surface area contributed by atoms with Crippen molar-refractivity contribution in [2.45, 2.75) is 31.8 Å². The fourth-order valence-electron chi connectivity index (χ4n) is 2.24. The molecule has 0 aliphatic carbocycles. The van der Waals surface area contributed by atoms with E-state index in [2.05, 4.69) is 0 Å². The van der Waals surface area contributed by atoms with Gasteiger partial charge in [0.2, 0.25) is 10.0 Å². The first-order valence-electron chi connectivity index (χ1n) is 6.81. The molecule has 2 aromatic rings. The standard InChI is InChI=1S/C15H20N2O3S/c1-3-17(11-14-7-5-9-20-14)21(18,19)15-8-4-6-13(10-16)12(15)2/h4-9H,3,10-11,16H2,1-2H3. The molecule has 0 spiro atoms. The SMILES string of the molecule is CCN(Cc1ccco1)S(=O)(=O)c1cccc(CN)c1C. The maximum Gasteiger partial charge on any atom is 0.243 e. The Labute approximate surface area is 125 Å². The second-order valence-corrected chi connectivity index (χ2v) is 6.66. The second-order valence-electron chi connectivity index (χ2n) is 4.75. The topological polar surface area (TPSA) is 76.5 Å². The summed E-state index contributed by atoms with van der Waals surface area (Å²) in [6.07, 6.45) is 1.54. The summed E-state index contributed by atoms with van der Waals surface area (Å²) in [5, 5.41) is 0. The molecular weight excluding hydrogens is 288 g/mol. The number of nitrogens with two attached hydrogens (primary N) is 1. The molecule has 0 aliphatic heterocycles. The van der Waals surface area contributed by atoms with Crippen LogP contribution in [0, 0.1) is 6.92 Å². The Morgan fingerprint density at radius 1 is 1.24 bits per heavy atom. The summed E-state index contributed by atoms with van der Waals surface area (Å²) in [5.74, 6) is 0.619. The van der Waals surface area contributed by atoms with Gasteiger partial charge >= 0.3 is 0 Å². The summed E-state index contributed by atoms with van der Waals surface area (Å²) in [4.78, 5) is 0.304. The van der Waals surface area contributed by atoms with E-state index in [4.69, 9.17) is 10.2 Å². The quantitative estimate of drug-likeness (QED) is 0.888. The van der Waals surface area contributed by atoms with Crippen LogP contribution in [-0.4, -0.2) is 19.3 Å². The minimum absolute atomic E-state index is 0.220. The number of hydrogen-bond acceptors (Lipinski definition) is 4. The van der Waals surface area contributed by atoms with Crippen LogP contribution in [0.4, 0.5) is 0 Å². The summed E-state index contributed by atoms with van der Waals surface area (Å²) >= 11 is 0. The Balaban J connectivity index is 2.40. The Morgan fingerprint density at radius 2 is 2.00 bits per heavy atom. The molecule has 0 saturated heterocycles. The van der Waals surface area contributed by atoms with Crippen molar-refractivity contribution >= 4 is 10.0 Å². The average molecular weight is 308 g/mol. The van der Waals surface area contributed by atoms with E-state index in [0.717, 1.165) is 5.56 Å². The normalized spacial score (nSPS) is 12.0. The van der Waals surface area contributed by atoms with Gasteiger partial charge in [0.05, 0.1) is 17.7 Å². The van der Waals surface area contributed by atoms with Gasteiger partial charge in [0.25, 0.3) is 0 Å². The van der Waals surface area contributed by atoms with Gasteiger partial charge in [-0.3, -0.25) is 0 Å². The molecule has 0 atom stereocenters. The number of rotatable bonds is 6. The van der Waals surface area contributed by atoms with Crippen LogP contribution in [0.1, 0.15) is 23.8 Å². The van der Waals surface area contributed by atoms with Gasteiger partial charge in [-0.2, -0.15) is 4.31 Å². The third-order valence-electron chi connectivity index (χ3n) is 3.50. The maximum absolute atomic E-state index is 12.8. The predicted molar refractivity (Wildman–Crippen MR) is 81.0 cm³/mol. The van der Waals surface area contributed by atoms with Crippen LogP contribution in [0.2, 0.25) is 0 Å². The molecule has 5 nitrogen and oxygen atoms in total. The predicted octanol–water partition coefficient (Wildman–Crippen LogP) is 2.26. The van der Waals surface area contributed by atoms with Gasteiger partial charge in [0, 0.05) is 13.1 Å². The van der Waals surface area contributed by atoms with Crippen LogP contribution in [0.5, 0.6) is 0 Å². The van der Waals surface area contributed by atoms with E-state index in [0.29, 0.717) is 29.3 Å². The molecule has 0 radical (unpaired) electrons. The molecule has 114 valence electrons. The van der Waals surface area contributed by atoms with Crippen molar-refractivity contribution in [2.24, 2.45) is 5.73 Å². The number of nitrogens with zero attached hydrogens (tertiary/aromatic N) is 1. The first kappa shape index (κ1) is 15.8. The lowest BCUT2D eigenvalue weighted by molar-refractivity contribution is 0.375. The van der Waals surface area contributed by atoms with Gasteiger partial charge in [0.1, 0.15) is 5.76 Å². The fourth-order valence-corrected chi connectivity index (χ4v) is 3.93. The van der Waals surface area contributed by atoms with E-state index >= 15 is 0 Å². The molecule has 0 fully saturated rings. The van der Waals surface area contributed by atoms with Crippen LogP contribution in [0.25, 0.3) is 0 Å². The van der Waals surface area contributed by atoms with Crippen molar-refractivity contribution in [1.82, 2.24) is 4.31 Å². The second kappa shape index (κ2) is 6.43. The van der Waals surface area contributed by atoms with Gasteiger partial charge < -0.3 is 10.2 Å². The van der Waals surface area contributed by atoms with Crippen LogP contribution in [0.3, 0.4) is 0 Å². The molecule has 2 N–H and O–H groups in total. The highest BCUT2D eigenvalue weighted by molar-refractivity contribution is 7.89. The van der Waals surface area contributed by atoms with Crippen molar-refractivity contribution in [1.29, 1.82) is 0 Å². The third kappa shape index (κ3) is 3.18. The minimum atomic E-state index is -3.57. The van der Waals surface area contributed by atoms with Crippen molar-refractivity contribution in [2.75, 3.05) is 6.54 Å². The lowest BCUT2D eigenvalue weighted by atomic mass is 10.1. The van der Waals surface area contributed by atoms with Gasteiger partial charge in [0.15, 0.2) is 0 Å². The Morgan fingerprint density at radius 3 is 2.57 bits per heavy atom. The molecule has 1 heterocycles. The van der Waals surface area contributed by atoms with Crippen LogP contribution in [-0.2, 0) is 23.1 Å². The molecule has 0 saturated carbocycles. The maximum atomic E-state index is 12.8. The minimum Gasteiger partial charge on any atom is -0.468 e. The first-order chi connectivity index (χ1) is 10.0. The number of benzene rings is 1. The third-order valence-corrected chi connectivity index (χ3v) is 5.56. The van der Waals surface area contributed by atoms with Gasteiger partial charge in [-0.25, -0.2) is 8.42 Å². The first-order valence-corrected chi connectivity index (χ1v) is 8.25. The zero-order valence-electron chi connectivity index (χ0n) is 12.2. The fraction of sp³-hybridized carbons (Fsp3) is 0.333. The van der Waals surface area contributed by atoms with Crippen molar-refractivity contribution < 1.29 is 12.8 Å². The summed E-state index contributed by atoms with van der Waals surface area (Å²) in [6, 6.07) is 8.70. The summed E-state index contributed by atoms with van der Waals surface area (Å²) in [6.45, 7) is 4.51. The molecule has 2 rings (SSSR count). The van der Waals surface area contributed by atoms with E-state index < -0.39 is 10.0 Å². The largest absolute Gasteiger partial charge is 0.468 e. The van der Waals surface area contributed by atoms with Gasteiger partial charge in [-0.05, 0) is 36.2 Å². The highest BCUT2D eigenvalue weighted by Gasteiger charge is 2.26. The number of hydrogen-bond donors (Lipinski definition) is 1. The summed E-state index contributed by atoms with van der Waals surface area (Å²) < 4.78 is 32.3. The Bertz CT molecular complexity index is 694. The highest BCUT2D eigenvalue weighted by Crippen LogP contribution is 2.23. The Hall–Kier alpha value is -1.63. The van der Waals surface area contributed by atoms with Crippen molar-refractivity contribution in [3.63, 3.8) is 0 Å². The monoisotopic (exact) mass is 308 g/mol. The van der Waals surface area contributed by atoms with E-state index in [1.54, 1.807) is 31.2 Å². The zero-order chi connectivity index (χ0) is 15.5. The number of furan rings is 1. The number of sulfonamides is 1. The highest BCUT2D eigenvalue weighted by atomic mass is 32.2. The molecule has 1 aromatic carbocycles. The molecule has 1 aromatic heterocycles.